The van der Waals surface area contributed by atoms with Gasteiger partial charge in [0.2, 0.25) is 5.91 Å². The van der Waals surface area contributed by atoms with Gasteiger partial charge in [0, 0.05) is 13.1 Å². The fourth-order valence-corrected chi connectivity index (χ4v) is 1.91. The molecule has 17 heavy (non-hydrogen) atoms. The van der Waals surface area contributed by atoms with Crippen LogP contribution in [-0.2, 0) is 9.53 Å². The summed E-state index contributed by atoms with van der Waals surface area (Å²) in [5.74, 6) is 0.326. The van der Waals surface area contributed by atoms with Crippen molar-refractivity contribution in [3.63, 3.8) is 0 Å². The summed E-state index contributed by atoms with van der Waals surface area (Å²) in [6.07, 6.45) is 0.458. The number of halogens is 1. The molecule has 1 aliphatic heterocycles. The monoisotopic (exact) mass is 246 g/mol. The van der Waals surface area contributed by atoms with Gasteiger partial charge < -0.3 is 15.0 Å². The number of morpholine rings is 1. The zero-order valence-corrected chi connectivity index (χ0v) is 10.7. The maximum absolute atomic E-state index is 12.2. The van der Waals surface area contributed by atoms with Crippen molar-refractivity contribution in [2.75, 3.05) is 39.5 Å². The summed E-state index contributed by atoms with van der Waals surface area (Å²) in [7, 11) is 0. The number of hydrogen-bond acceptors (Lipinski definition) is 3. The highest BCUT2D eigenvalue weighted by atomic mass is 19.1. The smallest absolute Gasteiger partial charge is 0.240 e. The molecule has 1 saturated heterocycles. The van der Waals surface area contributed by atoms with Gasteiger partial charge in [0.25, 0.3) is 0 Å². The Balaban J connectivity index is 2.46. The fraction of sp³-hybridized carbons (Fsp3) is 0.917. The third kappa shape index (κ3) is 4.60. The van der Waals surface area contributed by atoms with Crippen molar-refractivity contribution in [2.45, 2.75) is 26.3 Å². The number of carbonyl (C=O) groups is 1. The number of nitrogens with one attached hydrogen (secondary N) is 1. The van der Waals surface area contributed by atoms with Gasteiger partial charge in [-0.1, -0.05) is 13.8 Å². The number of carbonyl (C=O) groups excluding carboxylic acids is 1. The molecule has 4 nitrogen and oxygen atoms in total. The molecule has 1 heterocycles. The fourth-order valence-electron chi connectivity index (χ4n) is 1.91. The minimum atomic E-state index is -0.344. The predicted molar refractivity (Wildman–Crippen MR) is 64.6 cm³/mol. The van der Waals surface area contributed by atoms with Crippen LogP contribution in [0.5, 0.6) is 0 Å². The number of amides is 1. The quantitative estimate of drug-likeness (QED) is 0.705. The maximum atomic E-state index is 12.2. The summed E-state index contributed by atoms with van der Waals surface area (Å²) < 4.78 is 17.3. The first-order valence-electron chi connectivity index (χ1n) is 6.32. The lowest BCUT2D eigenvalue weighted by atomic mass is 10.0. The molecule has 1 fully saturated rings. The molecular formula is C12H23FN2O2. The summed E-state index contributed by atoms with van der Waals surface area (Å²) in [6, 6.07) is -0.209. The summed E-state index contributed by atoms with van der Waals surface area (Å²) in [6.45, 7) is 6.76. The average Bonchev–Trinajstić information content (AvgIpc) is 2.34. The Morgan fingerprint density at radius 2 is 2.06 bits per heavy atom. The summed E-state index contributed by atoms with van der Waals surface area (Å²) in [4.78, 5) is 14.1. The van der Waals surface area contributed by atoms with E-state index in [1.165, 1.54) is 0 Å². The normalized spacial score (nSPS) is 18.5. The van der Waals surface area contributed by atoms with Crippen LogP contribution in [0.1, 0.15) is 20.3 Å². The topological polar surface area (TPSA) is 41.6 Å². The minimum absolute atomic E-state index is 0.113. The molecule has 0 aromatic rings. The van der Waals surface area contributed by atoms with E-state index < -0.39 is 0 Å². The van der Waals surface area contributed by atoms with Crippen LogP contribution < -0.4 is 5.32 Å². The second-order valence-electron chi connectivity index (χ2n) is 4.66. The van der Waals surface area contributed by atoms with Gasteiger partial charge >= 0.3 is 0 Å². The van der Waals surface area contributed by atoms with Gasteiger partial charge in [0.15, 0.2) is 0 Å². The van der Waals surface area contributed by atoms with E-state index in [1.807, 2.05) is 18.7 Å². The van der Waals surface area contributed by atoms with Crippen LogP contribution in [0.15, 0.2) is 0 Å². The second-order valence-corrected chi connectivity index (χ2v) is 4.66. The van der Waals surface area contributed by atoms with E-state index in [1.54, 1.807) is 0 Å². The molecule has 1 N–H and O–H groups in total. The lowest BCUT2D eigenvalue weighted by Crippen LogP contribution is -2.52. The van der Waals surface area contributed by atoms with Crippen LogP contribution >= 0.6 is 0 Å². The number of ether oxygens (including phenoxy) is 1. The van der Waals surface area contributed by atoms with Gasteiger partial charge in [-0.3, -0.25) is 9.18 Å². The van der Waals surface area contributed by atoms with Crippen LogP contribution in [0.3, 0.4) is 0 Å². The Hall–Kier alpha value is -0.680. The molecule has 1 rings (SSSR count). The van der Waals surface area contributed by atoms with Gasteiger partial charge in [0.05, 0.1) is 25.9 Å². The lowest BCUT2D eigenvalue weighted by molar-refractivity contribution is -0.138. The first-order chi connectivity index (χ1) is 8.16. The molecule has 1 aliphatic rings. The van der Waals surface area contributed by atoms with Crippen molar-refractivity contribution in [1.29, 1.82) is 0 Å². The molecule has 0 aliphatic carbocycles. The molecule has 0 saturated carbocycles. The standard InChI is InChI=1S/C12H23FN2O2/c1-10(2)11(14-5-3-4-13)12(16)15-6-8-17-9-7-15/h10-11,14H,3-9H2,1-2H3/t11-/m1/s1. The molecule has 0 spiro atoms. The third-order valence-corrected chi connectivity index (χ3v) is 2.93. The Morgan fingerprint density at radius 3 is 2.59 bits per heavy atom. The molecular weight excluding hydrogens is 223 g/mol. The third-order valence-electron chi connectivity index (χ3n) is 2.93. The molecule has 1 atom stereocenters. The highest BCUT2D eigenvalue weighted by Crippen LogP contribution is 2.08. The van der Waals surface area contributed by atoms with E-state index in [2.05, 4.69) is 5.32 Å². The summed E-state index contributed by atoms with van der Waals surface area (Å²) in [5.41, 5.74) is 0. The van der Waals surface area contributed by atoms with E-state index in [0.29, 0.717) is 39.3 Å². The molecule has 100 valence electrons. The summed E-state index contributed by atoms with van der Waals surface area (Å²) >= 11 is 0. The van der Waals surface area contributed by atoms with Gasteiger partial charge in [0.1, 0.15) is 0 Å². The molecule has 0 radical (unpaired) electrons. The van der Waals surface area contributed by atoms with Gasteiger partial charge in [-0.2, -0.15) is 0 Å². The maximum Gasteiger partial charge on any atom is 0.240 e. The van der Waals surface area contributed by atoms with E-state index in [-0.39, 0.29) is 24.5 Å². The largest absolute Gasteiger partial charge is 0.378 e. The van der Waals surface area contributed by atoms with Gasteiger partial charge in [-0.05, 0) is 18.9 Å². The molecule has 0 bridgehead atoms. The van der Waals surface area contributed by atoms with E-state index in [4.69, 9.17) is 4.74 Å². The van der Waals surface area contributed by atoms with Crippen LogP contribution in [0.2, 0.25) is 0 Å². The first kappa shape index (κ1) is 14.4. The first-order valence-corrected chi connectivity index (χ1v) is 6.32. The predicted octanol–water partition coefficient (Wildman–Crippen LogP) is 0.819. The van der Waals surface area contributed by atoms with E-state index >= 15 is 0 Å². The van der Waals surface area contributed by atoms with E-state index in [9.17, 15) is 9.18 Å². The lowest BCUT2D eigenvalue weighted by Gasteiger charge is -2.32. The Kier molecular flexibility index (Phi) is 6.44. The number of alkyl halides is 1. The van der Waals surface area contributed by atoms with Crippen molar-refractivity contribution >= 4 is 5.91 Å². The van der Waals surface area contributed by atoms with Crippen molar-refractivity contribution < 1.29 is 13.9 Å². The molecule has 5 heteroatoms. The van der Waals surface area contributed by atoms with Crippen molar-refractivity contribution in [3.05, 3.63) is 0 Å². The van der Waals surface area contributed by atoms with Crippen LogP contribution in [0, 0.1) is 5.92 Å². The number of rotatable bonds is 6. The molecule has 0 unspecified atom stereocenters. The zero-order chi connectivity index (χ0) is 12.7. The molecule has 0 aromatic heterocycles. The van der Waals surface area contributed by atoms with Crippen molar-refractivity contribution in [3.8, 4) is 0 Å². The Morgan fingerprint density at radius 1 is 1.41 bits per heavy atom. The zero-order valence-electron chi connectivity index (χ0n) is 10.7. The van der Waals surface area contributed by atoms with Gasteiger partial charge in [-0.15, -0.1) is 0 Å². The highest BCUT2D eigenvalue weighted by Gasteiger charge is 2.27. The SMILES string of the molecule is CC(C)[C@@H](NCCCF)C(=O)N1CCOCC1. The second kappa shape index (κ2) is 7.61. The van der Waals surface area contributed by atoms with Crippen molar-refractivity contribution in [2.24, 2.45) is 5.92 Å². The van der Waals surface area contributed by atoms with Crippen molar-refractivity contribution in [1.82, 2.24) is 10.2 Å². The molecule has 0 aromatic carbocycles. The van der Waals surface area contributed by atoms with Crippen LogP contribution in [0.4, 0.5) is 4.39 Å². The minimum Gasteiger partial charge on any atom is -0.378 e. The van der Waals surface area contributed by atoms with Crippen LogP contribution in [-0.4, -0.2) is 56.4 Å². The number of hydrogen-bond donors (Lipinski definition) is 1. The highest BCUT2D eigenvalue weighted by molar-refractivity contribution is 5.82. The average molecular weight is 246 g/mol. The Bertz CT molecular complexity index is 231. The summed E-state index contributed by atoms with van der Waals surface area (Å²) in [5, 5.41) is 3.15. The Labute approximate surface area is 102 Å². The van der Waals surface area contributed by atoms with Crippen LogP contribution in [0.25, 0.3) is 0 Å². The van der Waals surface area contributed by atoms with Gasteiger partial charge in [-0.25, -0.2) is 0 Å². The van der Waals surface area contributed by atoms with E-state index in [0.717, 1.165) is 0 Å². The number of nitrogens with zero attached hydrogens (tertiary/aromatic N) is 1. The molecule has 1 amide bonds.